The average Bonchev–Trinajstić information content (AvgIpc) is 2.61. The molecule has 4 amide bonds. The fraction of sp³-hybridized carbons (Fsp3) is 0.118. The van der Waals surface area contributed by atoms with Crippen LogP contribution in [0, 0.1) is 0 Å². The van der Waals surface area contributed by atoms with Gasteiger partial charge in [-0.25, -0.2) is 10.2 Å². The topological polar surface area (TPSA) is 99.3 Å². The van der Waals surface area contributed by atoms with Crippen LogP contribution in [0.15, 0.2) is 59.5 Å². The predicted octanol–water partition coefficient (Wildman–Crippen LogP) is 2.34. The number of anilines is 2. The lowest BCUT2D eigenvalue weighted by Gasteiger charge is -2.23. The maximum absolute atomic E-state index is 12.1. The standard InChI is InChI=1S/C17H16N4O3S/c22-15(20-21-17(24)18-11-6-2-1-3-7-11)10-14-16(23)19-12-8-4-5-9-13(12)25-14/h1-9,14H,10H2,(H,19,23)(H,20,22)(H2,18,21,24)/t14-/m0/s1. The third-order valence-electron chi connectivity index (χ3n) is 3.42. The summed E-state index contributed by atoms with van der Waals surface area (Å²) in [6, 6.07) is 15.7. The summed E-state index contributed by atoms with van der Waals surface area (Å²) in [7, 11) is 0. The van der Waals surface area contributed by atoms with Gasteiger partial charge in [0.15, 0.2) is 0 Å². The first-order chi connectivity index (χ1) is 12.1. The number of benzene rings is 2. The van der Waals surface area contributed by atoms with Crippen molar-refractivity contribution in [3.05, 3.63) is 54.6 Å². The number of thioether (sulfide) groups is 1. The summed E-state index contributed by atoms with van der Waals surface area (Å²) >= 11 is 1.33. The smallest absolute Gasteiger partial charge is 0.324 e. The lowest BCUT2D eigenvalue weighted by atomic mass is 10.2. The van der Waals surface area contributed by atoms with E-state index in [1.165, 1.54) is 11.8 Å². The molecule has 0 bridgehead atoms. The van der Waals surface area contributed by atoms with Crippen molar-refractivity contribution in [3.63, 3.8) is 0 Å². The average molecular weight is 356 g/mol. The molecule has 3 rings (SSSR count). The van der Waals surface area contributed by atoms with Gasteiger partial charge in [0.25, 0.3) is 0 Å². The van der Waals surface area contributed by atoms with Crippen molar-refractivity contribution in [2.75, 3.05) is 10.6 Å². The number of para-hydroxylation sites is 2. The van der Waals surface area contributed by atoms with Crippen LogP contribution in [0.3, 0.4) is 0 Å². The van der Waals surface area contributed by atoms with Crippen molar-refractivity contribution in [2.24, 2.45) is 0 Å². The summed E-state index contributed by atoms with van der Waals surface area (Å²) < 4.78 is 0. The Morgan fingerprint density at radius 2 is 1.72 bits per heavy atom. The van der Waals surface area contributed by atoms with Crippen LogP contribution in [-0.4, -0.2) is 23.1 Å². The van der Waals surface area contributed by atoms with Crippen molar-refractivity contribution < 1.29 is 14.4 Å². The van der Waals surface area contributed by atoms with Gasteiger partial charge in [0.05, 0.1) is 10.9 Å². The Kier molecular flexibility index (Phi) is 5.20. The summed E-state index contributed by atoms with van der Waals surface area (Å²) in [6.07, 6.45) is -0.0452. The van der Waals surface area contributed by atoms with Crippen LogP contribution in [0.25, 0.3) is 0 Å². The molecule has 0 saturated carbocycles. The predicted molar refractivity (Wildman–Crippen MR) is 96.1 cm³/mol. The number of hydrogen-bond acceptors (Lipinski definition) is 4. The van der Waals surface area contributed by atoms with Gasteiger partial charge < -0.3 is 10.6 Å². The zero-order valence-electron chi connectivity index (χ0n) is 13.1. The molecule has 1 aliphatic rings. The first kappa shape index (κ1) is 16.8. The van der Waals surface area contributed by atoms with E-state index in [1.807, 2.05) is 30.3 Å². The minimum absolute atomic E-state index is 0.0452. The Hall–Kier alpha value is -3.00. The number of hydrogen-bond donors (Lipinski definition) is 4. The molecule has 0 saturated heterocycles. The molecule has 0 radical (unpaired) electrons. The number of carbonyl (C=O) groups excluding carboxylic acids is 3. The number of carbonyl (C=O) groups is 3. The molecular weight excluding hydrogens is 340 g/mol. The maximum Gasteiger partial charge on any atom is 0.337 e. The highest BCUT2D eigenvalue weighted by molar-refractivity contribution is 8.01. The van der Waals surface area contributed by atoms with Gasteiger partial charge in [-0.2, -0.15) is 0 Å². The van der Waals surface area contributed by atoms with Gasteiger partial charge in [-0.1, -0.05) is 30.3 Å². The molecule has 128 valence electrons. The summed E-state index contributed by atoms with van der Waals surface area (Å²) in [6.45, 7) is 0. The minimum Gasteiger partial charge on any atom is -0.324 e. The van der Waals surface area contributed by atoms with Gasteiger partial charge in [-0.05, 0) is 24.3 Å². The van der Waals surface area contributed by atoms with Crippen LogP contribution >= 0.6 is 11.8 Å². The lowest BCUT2D eigenvalue weighted by Crippen LogP contribution is -2.45. The molecule has 1 atom stereocenters. The quantitative estimate of drug-likeness (QED) is 0.634. The van der Waals surface area contributed by atoms with Crippen LogP contribution < -0.4 is 21.5 Å². The number of fused-ring (bicyclic) bond motifs is 1. The summed E-state index contributed by atoms with van der Waals surface area (Å²) in [5.74, 6) is -0.678. The highest BCUT2D eigenvalue weighted by Gasteiger charge is 2.28. The normalized spacial score (nSPS) is 15.5. The van der Waals surface area contributed by atoms with E-state index in [9.17, 15) is 14.4 Å². The van der Waals surface area contributed by atoms with Crippen molar-refractivity contribution >= 4 is 41.0 Å². The fourth-order valence-corrected chi connectivity index (χ4v) is 3.37. The van der Waals surface area contributed by atoms with Gasteiger partial charge in [-0.15, -0.1) is 11.8 Å². The first-order valence-corrected chi connectivity index (χ1v) is 8.47. The van der Waals surface area contributed by atoms with E-state index >= 15 is 0 Å². The van der Waals surface area contributed by atoms with Gasteiger partial charge in [0, 0.05) is 17.0 Å². The summed E-state index contributed by atoms with van der Waals surface area (Å²) in [5.41, 5.74) is 5.91. The molecule has 1 aliphatic heterocycles. The Morgan fingerprint density at radius 3 is 2.52 bits per heavy atom. The van der Waals surface area contributed by atoms with E-state index in [4.69, 9.17) is 0 Å². The largest absolute Gasteiger partial charge is 0.337 e. The van der Waals surface area contributed by atoms with Crippen molar-refractivity contribution in [1.29, 1.82) is 0 Å². The number of rotatable bonds is 3. The van der Waals surface area contributed by atoms with E-state index < -0.39 is 17.2 Å². The van der Waals surface area contributed by atoms with E-state index in [1.54, 1.807) is 24.3 Å². The minimum atomic E-state index is -0.564. The Morgan fingerprint density at radius 1 is 1.00 bits per heavy atom. The molecule has 0 fully saturated rings. The van der Waals surface area contributed by atoms with Crippen LogP contribution in [0.4, 0.5) is 16.2 Å². The van der Waals surface area contributed by atoms with E-state index in [2.05, 4.69) is 21.5 Å². The molecule has 0 aromatic heterocycles. The van der Waals surface area contributed by atoms with Crippen LogP contribution in [0.5, 0.6) is 0 Å². The van der Waals surface area contributed by atoms with E-state index in [-0.39, 0.29) is 12.3 Å². The van der Waals surface area contributed by atoms with Gasteiger partial charge in [0.1, 0.15) is 0 Å². The van der Waals surface area contributed by atoms with Crippen molar-refractivity contribution in [1.82, 2.24) is 10.9 Å². The molecule has 0 unspecified atom stereocenters. The second-order valence-corrected chi connectivity index (χ2v) is 6.53. The molecule has 0 aliphatic carbocycles. The third-order valence-corrected chi connectivity index (χ3v) is 4.70. The Labute approximate surface area is 148 Å². The lowest BCUT2D eigenvalue weighted by molar-refractivity contribution is -0.124. The number of nitrogens with one attached hydrogen (secondary N) is 4. The van der Waals surface area contributed by atoms with E-state index in [0.717, 1.165) is 10.6 Å². The molecule has 1 heterocycles. The van der Waals surface area contributed by atoms with Gasteiger partial charge >= 0.3 is 6.03 Å². The number of amides is 4. The number of urea groups is 1. The molecule has 7 nitrogen and oxygen atoms in total. The zero-order chi connectivity index (χ0) is 17.6. The first-order valence-electron chi connectivity index (χ1n) is 7.59. The number of hydrazine groups is 1. The molecule has 2 aromatic carbocycles. The Bertz CT molecular complexity index is 797. The summed E-state index contributed by atoms with van der Waals surface area (Å²) in [5, 5.41) is 4.80. The second-order valence-electron chi connectivity index (χ2n) is 5.29. The molecule has 0 spiro atoms. The molecule has 2 aromatic rings. The van der Waals surface area contributed by atoms with Crippen LogP contribution in [0.2, 0.25) is 0 Å². The fourth-order valence-electron chi connectivity index (χ4n) is 2.26. The molecule has 4 N–H and O–H groups in total. The van der Waals surface area contributed by atoms with Crippen molar-refractivity contribution in [3.8, 4) is 0 Å². The van der Waals surface area contributed by atoms with Crippen molar-refractivity contribution in [2.45, 2.75) is 16.6 Å². The van der Waals surface area contributed by atoms with E-state index in [0.29, 0.717) is 5.69 Å². The second kappa shape index (κ2) is 7.71. The highest BCUT2D eigenvalue weighted by Crippen LogP contribution is 2.36. The van der Waals surface area contributed by atoms with Gasteiger partial charge in [0.2, 0.25) is 11.8 Å². The summed E-state index contributed by atoms with van der Waals surface area (Å²) in [4.78, 5) is 36.7. The maximum atomic E-state index is 12.1. The van der Waals surface area contributed by atoms with Gasteiger partial charge in [-0.3, -0.25) is 15.0 Å². The zero-order valence-corrected chi connectivity index (χ0v) is 13.9. The molecule has 8 heteroatoms. The monoisotopic (exact) mass is 356 g/mol. The molecular formula is C17H16N4O3S. The SMILES string of the molecule is O=C(C[C@@H]1Sc2ccccc2NC1=O)NNC(=O)Nc1ccccc1. The molecule has 25 heavy (non-hydrogen) atoms. The highest BCUT2D eigenvalue weighted by atomic mass is 32.2. The Balaban J connectivity index is 1.48. The van der Waals surface area contributed by atoms with Crippen LogP contribution in [-0.2, 0) is 9.59 Å². The van der Waals surface area contributed by atoms with Crippen LogP contribution in [0.1, 0.15) is 6.42 Å². The third kappa shape index (κ3) is 4.51.